The van der Waals surface area contributed by atoms with Crippen LogP contribution < -0.4 is 10.2 Å². The number of carbonyl (C=O) groups excluding carboxylic acids is 2. The van der Waals surface area contributed by atoms with Gasteiger partial charge in [0.05, 0.1) is 15.7 Å². The SMILES string of the molecule is CC(=O)N(CC(=O)NCCc1cccc(Cl)c1)c1c(Cl)cccc1Cl. The van der Waals surface area contributed by atoms with E-state index in [1.807, 2.05) is 18.2 Å². The molecular formula is C18H17Cl3N2O2. The fraction of sp³-hybridized carbons (Fsp3) is 0.222. The molecular weight excluding hydrogens is 383 g/mol. The van der Waals surface area contributed by atoms with E-state index in [4.69, 9.17) is 34.8 Å². The first kappa shape index (κ1) is 19.6. The quantitative estimate of drug-likeness (QED) is 0.784. The summed E-state index contributed by atoms with van der Waals surface area (Å²) < 4.78 is 0. The number of nitrogens with one attached hydrogen (secondary N) is 1. The van der Waals surface area contributed by atoms with Crippen molar-refractivity contribution in [3.05, 3.63) is 63.1 Å². The second kappa shape index (κ2) is 9.09. The summed E-state index contributed by atoms with van der Waals surface area (Å²) in [6.45, 7) is 1.63. The van der Waals surface area contributed by atoms with Gasteiger partial charge in [-0.15, -0.1) is 0 Å². The molecule has 0 bridgehead atoms. The largest absolute Gasteiger partial charge is 0.354 e. The predicted octanol–water partition coefficient (Wildman–Crippen LogP) is 4.36. The van der Waals surface area contributed by atoms with Crippen LogP contribution >= 0.6 is 34.8 Å². The molecule has 0 aromatic heterocycles. The van der Waals surface area contributed by atoms with Crippen LogP contribution in [-0.2, 0) is 16.0 Å². The van der Waals surface area contributed by atoms with Gasteiger partial charge in [-0.25, -0.2) is 0 Å². The summed E-state index contributed by atoms with van der Waals surface area (Å²) in [4.78, 5) is 25.4. The van der Waals surface area contributed by atoms with Gasteiger partial charge in [0.25, 0.3) is 0 Å². The smallest absolute Gasteiger partial charge is 0.240 e. The second-order valence-electron chi connectivity index (χ2n) is 5.41. The lowest BCUT2D eigenvalue weighted by molar-refractivity contribution is -0.123. The Hall–Kier alpha value is -1.75. The van der Waals surface area contributed by atoms with Crippen LogP contribution in [0.1, 0.15) is 12.5 Å². The van der Waals surface area contributed by atoms with E-state index < -0.39 is 0 Å². The Kier molecular flexibility index (Phi) is 7.12. The van der Waals surface area contributed by atoms with Crippen molar-refractivity contribution in [2.75, 3.05) is 18.0 Å². The van der Waals surface area contributed by atoms with Gasteiger partial charge in [0, 0.05) is 18.5 Å². The predicted molar refractivity (Wildman–Crippen MR) is 103 cm³/mol. The average Bonchev–Trinajstić information content (AvgIpc) is 2.53. The second-order valence-corrected chi connectivity index (χ2v) is 6.66. The Morgan fingerprint density at radius 1 is 1.04 bits per heavy atom. The summed E-state index contributed by atoms with van der Waals surface area (Å²) >= 11 is 18.2. The van der Waals surface area contributed by atoms with E-state index in [1.165, 1.54) is 11.8 Å². The first-order valence-electron chi connectivity index (χ1n) is 7.61. The minimum absolute atomic E-state index is 0.158. The highest BCUT2D eigenvalue weighted by molar-refractivity contribution is 6.40. The summed E-state index contributed by atoms with van der Waals surface area (Å²) in [7, 11) is 0. The number of halogens is 3. The zero-order valence-electron chi connectivity index (χ0n) is 13.6. The Balaban J connectivity index is 1.98. The highest BCUT2D eigenvalue weighted by Crippen LogP contribution is 2.33. The van der Waals surface area contributed by atoms with Gasteiger partial charge < -0.3 is 10.2 Å². The van der Waals surface area contributed by atoms with E-state index in [0.717, 1.165) is 5.56 Å². The first-order chi connectivity index (χ1) is 11.9. The van der Waals surface area contributed by atoms with Crippen molar-refractivity contribution in [1.82, 2.24) is 5.32 Å². The molecule has 0 aliphatic carbocycles. The molecule has 0 heterocycles. The molecule has 0 aliphatic rings. The molecule has 1 N–H and O–H groups in total. The lowest BCUT2D eigenvalue weighted by Gasteiger charge is -2.23. The minimum atomic E-state index is -0.319. The van der Waals surface area contributed by atoms with Crippen molar-refractivity contribution in [2.45, 2.75) is 13.3 Å². The Morgan fingerprint density at radius 2 is 1.68 bits per heavy atom. The summed E-state index contributed by atoms with van der Waals surface area (Å²) in [6, 6.07) is 12.4. The van der Waals surface area contributed by atoms with Crippen molar-refractivity contribution < 1.29 is 9.59 Å². The maximum absolute atomic E-state index is 12.2. The van der Waals surface area contributed by atoms with Crippen molar-refractivity contribution >= 4 is 52.3 Å². The first-order valence-corrected chi connectivity index (χ1v) is 8.75. The Labute approximate surface area is 161 Å². The van der Waals surface area contributed by atoms with Gasteiger partial charge in [0.1, 0.15) is 6.54 Å². The lowest BCUT2D eigenvalue weighted by Crippen LogP contribution is -2.40. The fourth-order valence-electron chi connectivity index (χ4n) is 2.33. The molecule has 0 aliphatic heterocycles. The molecule has 0 saturated carbocycles. The zero-order valence-corrected chi connectivity index (χ0v) is 15.8. The van der Waals surface area contributed by atoms with Gasteiger partial charge in [-0.05, 0) is 36.2 Å². The number of rotatable bonds is 6. The number of nitrogens with zero attached hydrogens (tertiary/aromatic N) is 1. The van der Waals surface area contributed by atoms with Crippen LogP contribution in [0, 0.1) is 0 Å². The van der Waals surface area contributed by atoms with Gasteiger partial charge in [-0.1, -0.05) is 53.0 Å². The van der Waals surface area contributed by atoms with E-state index >= 15 is 0 Å². The average molecular weight is 400 g/mol. The minimum Gasteiger partial charge on any atom is -0.354 e. The van der Waals surface area contributed by atoms with Crippen LogP contribution in [0.25, 0.3) is 0 Å². The molecule has 2 rings (SSSR count). The summed E-state index contributed by atoms with van der Waals surface area (Å²) in [5.74, 6) is -0.617. The monoisotopic (exact) mass is 398 g/mol. The zero-order chi connectivity index (χ0) is 18.4. The molecule has 0 radical (unpaired) electrons. The van der Waals surface area contributed by atoms with E-state index in [9.17, 15) is 9.59 Å². The molecule has 2 aromatic rings. The molecule has 25 heavy (non-hydrogen) atoms. The number of carbonyl (C=O) groups is 2. The van der Waals surface area contributed by atoms with Gasteiger partial charge >= 0.3 is 0 Å². The van der Waals surface area contributed by atoms with Crippen LogP contribution in [0.3, 0.4) is 0 Å². The van der Waals surface area contributed by atoms with Crippen LogP contribution in [0.2, 0.25) is 15.1 Å². The number of amides is 2. The van der Waals surface area contributed by atoms with Crippen LogP contribution in [0.15, 0.2) is 42.5 Å². The molecule has 7 heteroatoms. The van der Waals surface area contributed by atoms with E-state index in [0.29, 0.717) is 33.7 Å². The van der Waals surface area contributed by atoms with Crippen molar-refractivity contribution in [1.29, 1.82) is 0 Å². The third-order valence-electron chi connectivity index (χ3n) is 3.51. The van der Waals surface area contributed by atoms with E-state index in [-0.39, 0.29) is 18.4 Å². The number of hydrogen-bond acceptors (Lipinski definition) is 2. The van der Waals surface area contributed by atoms with Gasteiger partial charge in [-0.2, -0.15) is 0 Å². The van der Waals surface area contributed by atoms with Gasteiger partial charge in [0.15, 0.2) is 0 Å². The molecule has 2 amide bonds. The van der Waals surface area contributed by atoms with Gasteiger partial charge in [-0.3, -0.25) is 9.59 Å². The fourth-order valence-corrected chi connectivity index (χ4v) is 3.15. The van der Waals surface area contributed by atoms with Crippen LogP contribution in [0.4, 0.5) is 5.69 Å². The van der Waals surface area contributed by atoms with E-state index in [2.05, 4.69) is 5.32 Å². The summed E-state index contributed by atoms with van der Waals surface area (Å²) in [5.41, 5.74) is 1.36. The molecule has 132 valence electrons. The van der Waals surface area contributed by atoms with Crippen molar-refractivity contribution in [3.63, 3.8) is 0 Å². The topological polar surface area (TPSA) is 49.4 Å². The number of benzene rings is 2. The molecule has 0 unspecified atom stereocenters. The van der Waals surface area contributed by atoms with Crippen LogP contribution in [0.5, 0.6) is 0 Å². The molecule has 0 spiro atoms. The van der Waals surface area contributed by atoms with E-state index in [1.54, 1.807) is 24.3 Å². The lowest BCUT2D eigenvalue weighted by atomic mass is 10.1. The maximum atomic E-state index is 12.2. The van der Waals surface area contributed by atoms with Crippen LogP contribution in [-0.4, -0.2) is 24.9 Å². The summed E-state index contributed by atoms with van der Waals surface area (Å²) in [5, 5.41) is 4.06. The number of hydrogen-bond donors (Lipinski definition) is 1. The van der Waals surface area contributed by atoms with Gasteiger partial charge in [0.2, 0.25) is 11.8 Å². The highest BCUT2D eigenvalue weighted by atomic mass is 35.5. The Bertz CT molecular complexity index is 760. The standard InChI is InChI=1S/C18H17Cl3N2O2/c1-12(24)23(18-15(20)6-3-7-16(18)21)11-17(25)22-9-8-13-4-2-5-14(19)10-13/h2-7,10H,8-9,11H2,1H3,(H,22,25). The molecule has 2 aromatic carbocycles. The number of anilines is 1. The molecule has 0 saturated heterocycles. The third-order valence-corrected chi connectivity index (χ3v) is 4.36. The highest BCUT2D eigenvalue weighted by Gasteiger charge is 2.20. The Morgan fingerprint density at radius 3 is 2.28 bits per heavy atom. The third kappa shape index (κ3) is 5.63. The molecule has 0 fully saturated rings. The maximum Gasteiger partial charge on any atom is 0.240 e. The van der Waals surface area contributed by atoms with Crippen molar-refractivity contribution in [3.8, 4) is 0 Å². The summed E-state index contributed by atoms with van der Waals surface area (Å²) in [6.07, 6.45) is 0.638. The number of para-hydroxylation sites is 1. The molecule has 0 atom stereocenters. The molecule has 4 nitrogen and oxygen atoms in total. The normalized spacial score (nSPS) is 10.4. The van der Waals surface area contributed by atoms with Crippen molar-refractivity contribution in [2.24, 2.45) is 0 Å².